The van der Waals surface area contributed by atoms with Gasteiger partial charge in [0.1, 0.15) is 0 Å². The standard InChI is InChI=1S/C15H21F3O/c1-2-3-4-5-11-19-12-10-13-6-8-14(9-7-13)15(16,17)18/h6-9H,2-5,10-12H2,1H3. The van der Waals surface area contributed by atoms with E-state index in [1.807, 2.05) is 0 Å². The van der Waals surface area contributed by atoms with E-state index in [9.17, 15) is 13.2 Å². The molecule has 1 nitrogen and oxygen atoms in total. The van der Waals surface area contributed by atoms with Gasteiger partial charge in [-0.25, -0.2) is 0 Å². The lowest BCUT2D eigenvalue weighted by Gasteiger charge is -2.08. The first-order valence-corrected chi connectivity index (χ1v) is 6.78. The van der Waals surface area contributed by atoms with Crippen LogP contribution in [0.3, 0.4) is 0 Å². The summed E-state index contributed by atoms with van der Waals surface area (Å²) in [5.74, 6) is 0. The highest BCUT2D eigenvalue weighted by molar-refractivity contribution is 5.24. The second kappa shape index (κ2) is 8.20. The fraction of sp³-hybridized carbons (Fsp3) is 0.600. The molecule has 1 rings (SSSR count). The first kappa shape index (κ1) is 16.0. The first-order chi connectivity index (χ1) is 9.04. The molecule has 0 bridgehead atoms. The predicted octanol–water partition coefficient (Wildman–Crippen LogP) is 4.84. The molecule has 0 heterocycles. The lowest BCUT2D eigenvalue weighted by Crippen LogP contribution is -2.05. The molecule has 0 fully saturated rings. The summed E-state index contributed by atoms with van der Waals surface area (Å²) in [6.45, 7) is 3.46. The number of unbranched alkanes of at least 4 members (excludes halogenated alkanes) is 3. The SMILES string of the molecule is CCCCCCOCCc1ccc(C(F)(F)F)cc1. The molecule has 0 N–H and O–H groups in total. The fourth-order valence-electron chi connectivity index (χ4n) is 1.78. The van der Waals surface area contributed by atoms with Crippen LogP contribution in [0, 0.1) is 0 Å². The Morgan fingerprint density at radius 1 is 0.947 bits per heavy atom. The van der Waals surface area contributed by atoms with Crippen LogP contribution in [0.5, 0.6) is 0 Å². The largest absolute Gasteiger partial charge is 0.416 e. The lowest BCUT2D eigenvalue weighted by atomic mass is 10.1. The molecule has 0 atom stereocenters. The molecule has 0 radical (unpaired) electrons. The molecular weight excluding hydrogens is 253 g/mol. The number of benzene rings is 1. The molecule has 1 aromatic rings. The van der Waals surface area contributed by atoms with Crippen molar-refractivity contribution in [2.45, 2.75) is 45.2 Å². The molecule has 0 saturated heterocycles. The molecule has 0 aromatic heterocycles. The third kappa shape index (κ3) is 6.62. The Morgan fingerprint density at radius 2 is 1.63 bits per heavy atom. The van der Waals surface area contributed by atoms with Crippen molar-refractivity contribution >= 4 is 0 Å². The second-order valence-corrected chi connectivity index (χ2v) is 4.62. The Hall–Kier alpha value is -1.03. The topological polar surface area (TPSA) is 9.23 Å². The van der Waals surface area contributed by atoms with Crippen LogP contribution >= 0.6 is 0 Å². The highest BCUT2D eigenvalue weighted by Crippen LogP contribution is 2.29. The molecule has 19 heavy (non-hydrogen) atoms. The van der Waals surface area contributed by atoms with Crippen LogP contribution in [0.1, 0.15) is 43.7 Å². The maximum absolute atomic E-state index is 12.3. The van der Waals surface area contributed by atoms with Crippen LogP contribution in [0.25, 0.3) is 0 Å². The van der Waals surface area contributed by atoms with Crippen molar-refractivity contribution in [3.63, 3.8) is 0 Å². The van der Waals surface area contributed by atoms with Gasteiger partial charge in [-0.3, -0.25) is 0 Å². The summed E-state index contributed by atoms with van der Waals surface area (Å²) in [6, 6.07) is 5.28. The van der Waals surface area contributed by atoms with Crippen LogP contribution in [0.2, 0.25) is 0 Å². The van der Waals surface area contributed by atoms with Crippen molar-refractivity contribution in [1.29, 1.82) is 0 Å². The smallest absolute Gasteiger partial charge is 0.381 e. The van der Waals surface area contributed by atoms with E-state index in [1.54, 1.807) is 0 Å². The van der Waals surface area contributed by atoms with E-state index in [1.165, 1.54) is 31.4 Å². The highest BCUT2D eigenvalue weighted by Gasteiger charge is 2.29. The lowest BCUT2D eigenvalue weighted by molar-refractivity contribution is -0.137. The number of halogens is 3. The zero-order valence-corrected chi connectivity index (χ0v) is 11.3. The maximum Gasteiger partial charge on any atom is 0.416 e. The van der Waals surface area contributed by atoms with Gasteiger partial charge >= 0.3 is 6.18 Å². The summed E-state index contributed by atoms with van der Waals surface area (Å²) in [5, 5.41) is 0. The van der Waals surface area contributed by atoms with Crippen molar-refractivity contribution in [3.8, 4) is 0 Å². The zero-order valence-electron chi connectivity index (χ0n) is 11.3. The van der Waals surface area contributed by atoms with E-state index in [4.69, 9.17) is 4.74 Å². The number of alkyl halides is 3. The number of ether oxygens (including phenoxy) is 1. The molecule has 0 spiro atoms. The molecule has 1 aromatic carbocycles. The minimum atomic E-state index is -4.26. The normalized spacial score (nSPS) is 11.8. The average molecular weight is 274 g/mol. The van der Waals surface area contributed by atoms with Gasteiger partial charge in [-0.15, -0.1) is 0 Å². The second-order valence-electron chi connectivity index (χ2n) is 4.62. The van der Waals surface area contributed by atoms with E-state index in [-0.39, 0.29) is 0 Å². The fourth-order valence-corrected chi connectivity index (χ4v) is 1.78. The van der Waals surface area contributed by atoms with E-state index < -0.39 is 11.7 Å². The van der Waals surface area contributed by atoms with E-state index in [0.717, 1.165) is 30.7 Å². The molecule has 108 valence electrons. The zero-order chi connectivity index (χ0) is 14.1. The molecule has 0 saturated carbocycles. The number of hydrogen-bond acceptors (Lipinski definition) is 1. The van der Waals surface area contributed by atoms with Crippen molar-refractivity contribution in [1.82, 2.24) is 0 Å². The summed E-state index contributed by atoms with van der Waals surface area (Å²) in [4.78, 5) is 0. The highest BCUT2D eigenvalue weighted by atomic mass is 19.4. The monoisotopic (exact) mass is 274 g/mol. The molecule has 0 unspecified atom stereocenters. The Kier molecular flexibility index (Phi) is 6.92. The first-order valence-electron chi connectivity index (χ1n) is 6.78. The summed E-state index contributed by atoms with van der Waals surface area (Å²) < 4.78 is 42.5. The van der Waals surface area contributed by atoms with Gasteiger partial charge in [-0.2, -0.15) is 13.2 Å². The quantitative estimate of drug-likeness (QED) is 0.616. The van der Waals surface area contributed by atoms with Crippen LogP contribution in [-0.4, -0.2) is 13.2 Å². The van der Waals surface area contributed by atoms with Gasteiger partial charge in [0.25, 0.3) is 0 Å². The van der Waals surface area contributed by atoms with Crippen LogP contribution in [0.15, 0.2) is 24.3 Å². The minimum absolute atomic E-state index is 0.567. The Morgan fingerprint density at radius 3 is 2.21 bits per heavy atom. The van der Waals surface area contributed by atoms with Crippen LogP contribution < -0.4 is 0 Å². The Balaban J connectivity index is 2.20. The summed E-state index contributed by atoms with van der Waals surface area (Å²) in [6.07, 6.45) is 1.06. The van der Waals surface area contributed by atoms with Crippen molar-refractivity contribution in [2.75, 3.05) is 13.2 Å². The summed E-state index contributed by atoms with van der Waals surface area (Å²) in [7, 11) is 0. The van der Waals surface area contributed by atoms with Crippen molar-refractivity contribution in [3.05, 3.63) is 35.4 Å². The van der Waals surface area contributed by atoms with Gasteiger partial charge in [0.05, 0.1) is 12.2 Å². The number of hydrogen-bond donors (Lipinski definition) is 0. The van der Waals surface area contributed by atoms with Crippen LogP contribution in [-0.2, 0) is 17.3 Å². The van der Waals surface area contributed by atoms with Gasteiger partial charge < -0.3 is 4.74 Å². The average Bonchev–Trinajstić information content (AvgIpc) is 2.37. The minimum Gasteiger partial charge on any atom is -0.381 e. The van der Waals surface area contributed by atoms with Gasteiger partial charge in [0.15, 0.2) is 0 Å². The maximum atomic E-state index is 12.3. The molecule has 0 amide bonds. The van der Waals surface area contributed by atoms with Gasteiger partial charge in [0.2, 0.25) is 0 Å². The summed E-state index contributed by atoms with van der Waals surface area (Å²) in [5.41, 5.74) is 0.276. The third-order valence-electron chi connectivity index (χ3n) is 2.96. The molecule has 0 aliphatic heterocycles. The van der Waals surface area contributed by atoms with Crippen molar-refractivity contribution in [2.24, 2.45) is 0 Å². The predicted molar refractivity (Wildman–Crippen MR) is 70.1 cm³/mol. The van der Waals surface area contributed by atoms with Gasteiger partial charge in [-0.1, -0.05) is 38.3 Å². The number of rotatable bonds is 8. The van der Waals surface area contributed by atoms with Crippen molar-refractivity contribution < 1.29 is 17.9 Å². The summed E-state index contributed by atoms with van der Waals surface area (Å²) >= 11 is 0. The van der Waals surface area contributed by atoms with Crippen LogP contribution in [0.4, 0.5) is 13.2 Å². The van der Waals surface area contributed by atoms with E-state index in [2.05, 4.69) is 6.92 Å². The molecular formula is C15H21F3O. The Bertz CT molecular complexity index is 343. The van der Waals surface area contributed by atoms with E-state index >= 15 is 0 Å². The van der Waals surface area contributed by atoms with Gasteiger partial charge in [-0.05, 0) is 30.5 Å². The third-order valence-corrected chi connectivity index (χ3v) is 2.96. The molecule has 4 heteroatoms. The van der Waals surface area contributed by atoms with Gasteiger partial charge in [0, 0.05) is 6.61 Å². The Labute approximate surface area is 112 Å². The van der Waals surface area contributed by atoms with E-state index in [0.29, 0.717) is 13.0 Å². The molecule has 0 aliphatic carbocycles. The molecule has 0 aliphatic rings.